The van der Waals surface area contributed by atoms with E-state index < -0.39 is 10.0 Å². The Bertz CT molecular complexity index is 784. The fourth-order valence-corrected chi connectivity index (χ4v) is 5.00. The van der Waals surface area contributed by atoms with Crippen molar-refractivity contribution in [3.63, 3.8) is 0 Å². The number of hydrogen-bond donors (Lipinski definition) is 0. The number of rotatable bonds is 2. The van der Waals surface area contributed by atoms with Crippen molar-refractivity contribution in [1.82, 2.24) is 14.1 Å². The molecule has 0 atom stereocenters. The molecule has 9 heteroatoms. The van der Waals surface area contributed by atoms with E-state index in [1.807, 2.05) is 4.90 Å². The van der Waals surface area contributed by atoms with E-state index in [-0.39, 0.29) is 10.9 Å². The summed E-state index contributed by atoms with van der Waals surface area (Å²) in [5, 5.41) is 0. The first-order chi connectivity index (χ1) is 12.6. The Morgan fingerprint density at radius 3 is 2.15 bits per heavy atom. The molecule has 2 saturated heterocycles. The number of amides is 2. The number of piperazine rings is 1. The minimum atomic E-state index is -3.62. The van der Waals surface area contributed by atoms with Gasteiger partial charge in [0.05, 0.1) is 4.90 Å². The smallest absolute Gasteiger partial charge is 0.320 e. The Labute approximate surface area is 153 Å². The number of sulfonamides is 1. The van der Waals surface area contributed by atoms with Gasteiger partial charge in [-0.2, -0.15) is 4.31 Å². The molecule has 0 bridgehead atoms. The van der Waals surface area contributed by atoms with E-state index in [2.05, 4.69) is 0 Å². The number of carbonyl (C=O) groups is 1. The molecule has 3 heterocycles. The molecule has 2 fully saturated rings. The van der Waals surface area contributed by atoms with Crippen LogP contribution in [0.4, 0.5) is 4.79 Å². The number of ether oxygens (including phenoxy) is 2. The highest BCUT2D eigenvalue weighted by Gasteiger charge is 2.33. The van der Waals surface area contributed by atoms with Crippen molar-refractivity contribution in [1.29, 1.82) is 0 Å². The van der Waals surface area contributed by atoms with Crippen molar-refractivity contribution >= 4 is 16.1 Å². The first-order valence-corrected chi connectivity index (χ1v) is 10.4. The van der Waals surface area contributed by atoms with Crippen LogP contribution < -0.4 is 9.47 Å². The van der Waals surface area contributed by atoms with Crippen LogP contribution in [0.3, 0.4) is 0 Å². The molecule has 0 aliphatic carbocycles. The number of hydrogen-bond acceptors (Lipinski definition) is 5. The quantitative estimate of drug-likeness (QED) is 0.763. The highest BCUT2D eigenvalue weighted by Crippen LogP contribution is 2.33. The van der Waals surface area contributed by atoms with Crippen LogP contribution in [0, 0.1) is 0 Å². The van der Waals surface area contributed by atoms with Crippen molar-refractivity contribution in [3.8, 4) is 11.5 Å². The highest BCUT2D eigenvalue weighted by atomic mass is 32.2. The molecule has 3 aliphatic rings. The maximum atomic E-state index is 12.9. The van der Waals surface area contributed by atoms with Crippen molar-refractivity contribution in [2.75, 3.05) is 52.5 Å². The van der Waals surface area contributed by atoms with Gasteiger partial charge in [-0.25, -0.2) is 13.2 Å². The van der Waals surface area contributed by atoms with Gasteiger partial charge in [0.25, 0.3) is 0 Å². The van der Waals surface area contributed by atoms with E-state index in [9.17, 15) is 13.2 Å². The average Bonchev–Trinajstić information content (AvgIpc) is 3.22. The van der Waals surface area contributed by atoms with Crippen molar-refractivity contribution in [3.05, 3.63) is 18.2 Å². The summed E-state index contributed by atoms with van der Waals surface area (Å²) in [5.74, 6) is 1.02. The second kappa shape index (κ2) is 6.96. The fourth-order valence-electron chi connectivity index (χ4n) is 3.56. The zero-order valence-electron chi connectivity index (χ0n) is 14.6. The Morgan fingerprint density at radius 1 is 0.846 bits per heavy atom. The van der Waals surface area contributed by atoms with Crippen LogP contribution in [0.1, 0.15) is 12.8 Å². The van der Waals surface area contributed by atoms with Crippen LogP contribution in [-0.2, 0) is 10.0 Å². The molecule has 2 amide bonds. The molecule has 0 aromatic heterocycles. The summed E-state index contributed by atoms with van der Waals surface area (Å²) in [5.41, 5.74) is 0. The van der Waals surface area contributed by atoms with E-state index in [4.69, 9.17) is 9.47 Å². The van der Waals surface area contributed by atoms with Gasteiger partial charge in [0, 0.05) is 45.3 Å². The standard InChI is InChI=1S/C17H23N3O5S/c21-17(18-5-1-2-6-18)19-7-9-20(10-8-19)26(22,23)14-3-4-15-16(13-14)25-12-11-24-15/h3-4,13H,1-2,5-12H2. The number of carbonyl (C=O) groups excluding carboxylic acids is 1. The van der Waals surface area contributed by atoms with Gasteiger partial charge in [-0.3, -0.25) is 0 Å². The van der Waals surface area contributed by atoms with Gasteiger partial charge in [-0.05, 0) is 25.0 Å². The van der Waals surface area contributed by atoms with Crippen LogP contribution in [0.5, 0.6) is 11.5 Å². The summed E-state index contributed by atoms with van der Waals surface area (Å²) in [6.07, 6.45) is 2.09. The fraction of sp³-hybridized carbons (Fsp3) is 0.588. The molecule has 8 nitrogen and oxygen atoms in total. The summed E-state index contributed by atoms with van der Waals surface area (Å²) in [6, 6.07) is 4.73. The molecule has 4 rings (SSSR count). The third-order valence-electron chi connectivity index (χ3n) is 5.04. The predicted molar refractivity (Wildman–Crippen MR) is 94.0 cm³/mol. The molecule has 0 spiro atoms. The van der Waals surface area contributed by atoms with Gasteiger partial charge in [0.15, 0.2) is 11.5 Å². The summed E-state index contributed by atoms with van der Waals surface area (Å²) in [6.45, 7) is 3.91. The molecule has 0 N–H and O–H groups in total. The minimum absolute atomic E-state index is 0.0267. The zero-order valence-corrected chi connectivity index (χ0v) is 15.4. The predicted octanol–water partition coefficient (Wildman–Crippen LogP) is 0.980. The number of fused-ring (bicyclic) bond motifs is 1. The third-order valence-corrected chi connectivity index (χ3v) is 6.93. The maximum Gasteiger partial charge on any atom is 0.320 e. The average molecular weight is 381 g/mol. The molecular weight excluding hydrogens is 358 g/mol. The monoisotopic (exact) mass is 381 g/mol. The van der Waals surface area contributed by atoms with E-state index in [1.165, 1.54) is 10.4 Å². The van der Waals surface area contributed by atoms with Gasteiger partial charge >= 0.3 is 6.03 Å². The molecule has 1 aromatic carbocycles. The second-order valence-electron chi connectivity index (χ2n) is 6.67. The zero-order chi connectivity index (χ0) is 18.1. The first kappa shape index (κ1) is 17.4. The summed E-state index contributed by atoms with van der Waals surface area (Å²) >= 11 is 0. The summed E-state index contributed by atoms with van der Waals surface area (Å²) in [4.78, 5) is 16.2. The topological polar surface area (TPSA) is 79.4 Å². The van der Waals surface area contributed by atoms with Crippen molar-refractivity contribution in [2.45, 2.75) is 17.7 Å². The molecular formula is C17H23N3O5S. The largest absolute Gasteiger partial charge is 0.486 e. The van der Waals surface area contributed by atoms with Gasteiger partial charge in [-0.1, -0.05) is 0 Å². The van der Waals surface area contributed by atoms with Crippen LogP contribution in [0.25, 0.3) is 0 Å². The Balaban J connectivity index is 1.44. The SMILES string of the molecule is O=C(N1CCCC1)N1CCN(S(=O)(=O)c2ccc3c(c2)OCCO3)CC1. The van der Waals surface area contributed by atoms with E-state index in [0.29, 0.717) is 50.9 Å². The van der Waals surface area contributed by atoms with Gasteiger partial charge in [0.2, 0.25) is 10.0 Å². The van der Waals surface area contributed by atoms with Crippen LogP contribution >= 0.6 is 0 Å². The number of nitrogens with zero attached hydrogens (tertiary/aromatic N) is 3. The Kier molecular flexibility index (Phi) is 4.66. The van der Waals surface area contributed by atoms with Gasteiger partial charge < -0.3 is 19.3 Å². The number of urea groups is 1. The lowest BCUT2D eigenvalue weighted by atomic mass is 10.3. The van der Waals surface area contributed by atoms with E-state index >= 15 is 0 Å². The van der Waals surface area contributed by atoms with Crippen molar-refractivity contribution in [2.24, 2.45) is 0 Å². The Morgan fingerprint density at radius 2 is 1.46 bits per heavy atom. The number of likely N-dealkylation sites (tertiary alicyclic amines) is 1. The molecule has 0 saturated carbocycles. The van der Waals surface area contributed by atoms with Crippen LogP contribution in [0.15, 0.2) is 23.1 Å². The molecule has 1 aromatic rings. The maximum absolute atomic E-state index is 12.9. The molecule has 0 radical (unpaired) electrons. The Hall–Kier alpha value is -2.00. The molecule has 26 heavy (non-hydrogen) atoms. The third kappa shape index (κ3) is 3.21. The van der Waals surface area contributed by atoms with E-state index in [1.54, 1.807) is 17.0 Å². The van der Waals surface area contributed by atoms with Crippen LogP contribution in [0.2, 0.25) is 0 Å². The number of benzene rings is 1. The van der Waals surface area contributed by atoms with Crippen LogP contribution in [-0.4, -0.2) is 81.0 Å². The highest BCUT2D eigenvalue weighted by molar-refractivity contribution is 7.89. The van der Waals surface area contributed by atoms with Gasteiger partial charge in [0.1, 0.15) is 13.2 Å². The molecule has 3 aliphatic heterocycles. The lowest BCUT2D eigenvalue weighted by molar-refractivity contribution is 0.142. The molecule has 0 unspecified atom stereocenters. The van der Waals surface area contributed by atoms with Crippen molar-refractivity contribution < 1.29 is 22.7 Å². The lowest BCUT2D eigenvalue weighted by Crippen LogP contribution is -2.53. The minimum Gasteiger partial charge on any atom is -0.486 e. The van der Waals surface area contributed by atoms with E-state index in [0.717, 1.165) is 25.9 Å². The first-order valence-electron chi connectivity index (χ1n) is 8.99. The lowest BCUT2D eigenvalue weighted by Gasteiger charge is -2.36. The van der Waals surface area contributed by atoms with Gasteiger partial charge in [-0.15, -0.1) is 0 Å². The normalized spacial score (nSPS) is 21.1. The second-order valence-corrected chi connectivity index (χ2v) is 8.61. The molecule has 142 valence electrons. The summed E-state index contributed by atoms with van der Waals surface area (Å²) < 4.78 is 38.2. The summed E-state index contributed by atoms with van der Waals surface area (Å²) in [7, 11) is -3.62.